The Kier molecular flexibility index (Phi) is 6.84. The SMILES string of the molecule is CCSc1nc(CC(=O)NCC(c2cccnc2)N2CCCC2)cs1. The van der Waals surface area contributed by atoms with Crippen LogP contribution in [0, 0.1) is 0 Å². The molecule has 1 amide bonds. The van der Waals surface area contributed by atoms with E-state index < -0.39 is 0 Å². The van der Waals surface area contributed by atoms with Crippen molar-refractivity contribution in [2.45, 2.75) is 36.6 Å². The molecule has 1 aliphatic rings. The zero-order valence-electron chi connectivity index (χ0n) is 14.5. The minimum atomic E-state index is 0.0337. The van der Waals surface area contributed by atoms with Gasteiger partial charge in [0.2, 0.25) is 5.91 Å². The van der Waals surface area contributed by atoms with Crippen LogP contribution >= 0.6 is 23.1 Å². The molecule has 1 atom stereocenters. The molecular weight excluding hydrogens is 352 g/mol. The molecule has 0 aromatic carbocycles. The highest BCUT2D eigenvalue weighted by molar-refractivity contribution is 8.00. The number of likely N-dealkylation sites (tertiary alicyclic amines) is 1. The Morgan fingerprint density at radius 3 is 3.00 bits per heavy atom. The fraction of sp³-hybridized carbons (Fsp3) is 0.500. The number of thiazole rings is 1. The van der Waals surface area contributed by atoms with Crippen LogP contribution in [0.2, 0.25) is 0 Å². The molecule has 7 heteroatoms. The standard InChI is InChI=1S/C18H24N4OS2/c1-2-24-18-21-15(13-25-18)10-17(23)20-12-16(22-8-3-4-9-22)14-6-5-7-19-11-14/h5-7,11,13,16H,2-4,8-10,12H2,1H3,(H,20,23). The van der Waals surface area contributed by atoms with Gasteiger partial charge in [0.15, 0.2) is 0 Å². The van der Waals surface area contributed by atoms with E-state index in [-0.39, 0.29) is 11.9 Å². The third-order valence-corrected chi connectivity index (χ3v) is 6.24. The van der Waals surface area contributed by atoms with Gasteiger partial charge in [0, 0.05) is 24.3 Å². The first kappa shape index (κ1) is 18.4. The van der Waals surface area contributed by atoms with Gasteiger partial charge >= 0.3 is 0 Å². The van der Waals surface area contributed by atoms with Crippen LogP contribution in [-0.2, 0) is 11.2 Å². The monoisotopic (exact) mass is 376 g/mol. The van der Waals surface area contributed by atoms with Gasteiger partial charge in [0.25, 0.3) is 0 Å². The molecule has 0 spiro atoms. The Balaban J connectivity index is 1.57. The van der Waals surface area contributed by atoms with Crippen molar-refractivity contribution in [2.24, 2.45) is 0 Å². The molecule has 1 N–H and O–H groups in total. The maximum Gasteiger partial charge on any atom is 0.226 e. The van der Waals surface area contributed by atoms with Gasteiger partial charge in [-0.3, -0.25) is 14.7 Å². The Morgan fingerprint density at radius 2 is 2.28 bits per heavy atom. The van der Waals surface area contributed by atoms with Crippen LogP contribution in [0.3, 0.4) is 0 Å². The lowest BCUT2D eigenvalue weighted by Crippen LogP contribution is -2.37. The van der Waals surface area contributed by atoms with Crippen molar-refractivity contribution in [2.75, 3.05) is 25.4 Å². The highest BCUT2D eigenvalue weighted by Gasteiger charge is 2.24. The summed E-state index contributed by atoms with van der Waals surface area (Å²) in [6.07, 6.45) is 6.49. The Morgan fingerprint density at radius 1 is 1.44 bits per heavy atom. The zero-order valence-corrected chi connectivity index (χ0v) is 16.1. The summed E-state index contributed by atoms with van der Waals surface area (Å²) in [6, 6.07) is 4.25. The average molecular weight is 377 g/mol. The van der Waals surface area contributed by atoms with Crippen molar-refractivity contribution < 1.29 is 4.79 Å². The van der Waals surface area contributed by atoms with Gasteiger partial charge in [0.1, 0.15) is 4.34 Å². The van der Waals surface area contributed by atoms with E-state index in [1.807, 2.05) is 17.6 Å². The maximum atomic E-state index is 12.3. The van der Waals surface area contributed by atoms with E-state index in [1.54, 1.807) is 29.3 Å². The van der Waals surface area contributed by atoms with Crippen molar-refractivity contribution in [1.29, 1.82) is 0 Å². The number of amides is 1. The van der Waals surface area contributed by atoms with E-state index in [0.717, 1.165) is 28.9 Å². The highest BCUT2D eigenvalue weighted by atomic mass is 32.2. The first-order chi connectivity index (χ1) is 12.3. The topological polar surface area (TPSA) is 58.1 Å². The molecule has 1 saturated heterocycles. The molecule has 0 radical (unpaired) electrons. The number of hydrogen-bond donors (Lipinski definition) is 1. The lowest BCUT2D eigenvalue weighted by Gasteiger charge is -2.27. The van der Waals surface area contributed by atoms with Gasteiger partial charge in [0.05, 0.1) is 18.2 Å². The molecule has 3 rings (SSSR count). The molecule has 1 fully saturated rings. The normalized spacial score (nSPS) is 16.0. The fourth-order valence-corrected chi connectivity index (χ4v) is 4.82. The molecule has 2 aromatic heterocycles. The summed E-state index contributed by atoms with van der Waals surface area (Å²) in [5.74, 6) is 1.04. The number of rotatable bonds is 8. The summed E-state index contributed by atoms with van der Waals surface area (Å²) in [5, 5.41) is 5.08. The van der Waals surface area contributed by atoms with E-state index in [4.69, 9.17) is 0 Å². The Hall–Kier alpha value is -1.44. The van der Waals surface area contributed by atoms with Crippen molar-refractivity contribution >= 4 is 29.0 Å². The second-order valence-corrected chi connectivity index (χ2v) is 8.43. The third-order valence-electron chi connectivity index (χ3n) is 4.28. The summed E-state index contributed by atoms with van der Waals surface area (Å²) in [4.78, 5) is 23.5. The highest BCUT2D eigenvalue weighted by Crippen LogP contribution is 2.24. The molecule has 25 heavy (non-hydrogen) atoms. The predicted octanol–water partition coefficient (Wildman–Crippen LogP) is 3.15. The van der Waals surface area contributed by atoms with Crippen LogP contribution < -0.4 is 5.32 Å². The molecule has 0 bridgehead atoms. The van der Waals surface area contributed by atoms with Gasteiger partial charge in [-0.1, -0.05) is 24.8 Å². The Labute approximate surface area is 157 Å². The van der Waals surface area contributed by atoms with Crippen molar-refractivity contribution in [3.63, 3.8) is 0 Å². The van der Waals surface area contributed by atoms with Gasteiger partial charge in [-0.2, -0.15) is 0 Å². The van der Waals surface area contributed by atoms with Gasteiger partial charge < -0.3 is 5.32 Å². The van der Waals surface area contributed by atoms with Crippen LogP contribution in [0.4, 0.5) is 0 Å². The van der Waals surface area contributed by atoms with E-state index in [2.05, 4.69) is 33.2 Å². The van der Waals surface area contributed by atoms with E-state index in [0.29, 0.717) is 13.0 Å². The summed E-state index contributed by atoms with van der Waals surface area (Å²) in [5.41, 5.74) is 2.03. The number of thioether (sulfide) groups is 1. The fourth-order valence-electron chi connectivity index (χ4n) is 3.08. The van der Waals surface area contributed by atoms with Crippen molar-refractivity contribution in [3.05, 3.63) is 41.2 Å². The van der Waals surface area contributed by atoms with Gasteiger partial charge in [-0.05, 0) is 43.3 Å². The number of nitrogens with zero attached hydrogens (tertiary/aromatic N) is 3. The number of carbonyl (C=O) groups is 1. The summed E-state index contributed by atoms with van der Waals surface area (Å²) in [6.45, 7) is 4.89. The summed E-state index contributed by atoms with van der Waals surface area (Å²) in [7, 11) is 0. The lowest BCUT2D eigenvalue weighted by molar-refractivity contribution is -0.120. The number of aromatic nitrogens is 2. The first-order valence-electron chi connectivity index (χ1n) is 8.74. The first-order valence-corrected chi connectivity index (χ1v) is 10.6. The van der Waals surface area contributed by atoms with E-state index in [9.17, 15) is 4.79 Å². The number of pyridine rings is 1. The van der Waals surface area contributed by atoms with Crippen molar-refractivity contribution in [1.82, 2.24) is 20.2 Å². The minimum Gasteiger partial charge on any atom is -0.354 e. The quantitative estimate of drug-likeness (QED) is 0.717. The molecule has 1 unspecified atom stereocenters. The van der Waals surface area contributed by atoms with Crippen LogP contribution in [0.25, 0.3) is 0 Å². The minimum absolute atomic E-state index is 0.0337. The summed E-state index contributed by atoms with van der Waals surface area (Å²) >= 11 is 3.33. The molecule has 5 nitrogen and oxygen atoms in total. The van der Waals surface area contributed by atoms with E-state index in [1.165, 1.54) is 18.4 Å². The van der Waals surface area contributed by atoms with Crippen LogP contribution in [0.15, 0.2) is 34.2 Å². The van der Waals surface area contributed by atoms with Crippen LogP contribution in [-0.4, -0.2) is 46.2 Å². The predicted molar refractivity (Wildman–Crippen MR) is 103 cm³/mol. The molecule has 2 aromatic rings. The zero-order chi connectivity index (χ0) is 17.5. The Bertz CT molecular complexity index is 671. The average Bonchev–Trinajstić information content (AvgIpc) is 3.29. The third kappa shape index (κ3) is 5.26. The van der Waals surface area contributed by atoms with E-state index >= 15 is 0 Å². The molecule has 3 heterocycles. The molecule has 0 saturated carbocycles. The maximum absolute atomic E-state index is 12.3. The largest absolute Gasteiger partial charge is 0.354 e. The smallest absolute Gasteiger partial charge is 0.226 e. The lowest BCUT2D eigenvalue weighted by atomic mass is 10.1. The van der Waals surface area contributed by atoms with Crippen LogP contribution in [0.5, 0.6) is 0 Å². The second kappa shape index (κ2) is 9.31. The molecule has 134 valence electrons. The second-order valence-electron chi connectivity index (χ2n) is 6.06. The number of carbonyl (C=O) groups excluding carboxylic acids is 1. The van der Waals surface area contributed by atoms with Gasteiger partial charge in [-0.25, -0.2) is 4.98 Å². The molecular formula is C18H24N4OS2. The molecule has 1 aliphatic heterocycles. The van der Waals surface area contributed by atoms with Crippen LogP contribution in [0.1, 0.15) is 37.1 Å². The number of nitrogens with one attached hydrogen (secondary N) is 1. The van der Waals surface area contributed by atoms with Gasteiger partial charge in [-0.15, -0.1) is 11.3 Å². The number of hydrogen-bond acceptors (Lipinski definition) is 6. The summed E-state index contributed by atoms with van der Waals surface area (Å²) < 4.78 is 1.04. The van der Waals surface area contributed by atoms with Crippen molar-refractivity contribution in [3.8, 4) is 0 Å². The molecule has 0 aliphatic carbocycles.